The lowest BCUT2D eigenvalue weighted by atomic mass is 9.99. The summed E-state index contributed by atoms with van der Waals surface area (Å²) in [4.78, 5) is 15.5. The molecule has 1 aromatic carbocycles. The Hall–Kier alpha value is -3.73. The van der Waals surface area contributed by atoms with E-state index in [1.54, 1.807) is 6.07 Å². The molecule has 0 amide bonds. The SMILES string of the molecule is CCC1CCCCN1Cc1cc(Nc2ccc(C(F)(F)F)cc2)c2ccc(-c3ncccc3C(F)(F)F)nc2n1. The van der Waals surface area contributed by atoms with Crippen molar-refractivity contribution in [2.45, 2.75) is 57.5 Å². The summed E-state index contributed by atoms with van der Waals surface area (Å²) in [5.74, 6) is 0. The molecule has 5 rings (SSSR count). The van der Waals surface area contributed by atoms with Gasteiger partial charge in [-0.1, -0.05) is 13.3 Å². The number of piperidine rings is 1. The average molecular weight is 560 g/mol. The number of aromatic nitrogens is 3. The molecule has 4 aromatic rings. The topological polar surface area (TPSA) is 53.9 Å². The van der Waals surface area contributed by atoms with E-state index in [4.69, 9.17) is 4.98 Å². The molecule has 5 nitrogen and oxygen atoms in total. The minimum atomic E-state index is -4.62. The number of fused-ring (bicyclic) bond motifs is 1. The van der Waals surface area contributed by atoms with Crippen LogP contribution in [-0.2, 0) is 18.9 Å². The highest BCUT2D eigenvalue weighted by molar-refractivity contribution is 5.92. The fraction of sp³-hybridized carbons (Fsp3) is 0.345. The number of pyridine rings is 3. The summed E-state index contributed by atoms with van der Waals surface area (Å²) >= 11 is 0. The van der Waals surface area contributed by atoms with Gasteiger partial charge in [-0.05, 0) is 80.4 Å². The van der Waals surface area contributed by atoms with Crippen molar-refractivity contribution in [1.82, 2.24) is 19.9 Å². The van der Waals surface area contributed by atoms with Gasteiger partial charge in [0.2, 0.25) is 0 Å². The Balaban J connectivity index is 1.58. The monoisotopic (exact) mass is 559 g/mol. The van der Waals surface area contributed by atoms with Crippen molar-refractivity contribution in [3.63, 3.8) is 0 Å². The van der Waals surface area contributed by atoms with Gasteiger partial charge in [0.15, 0.2) is 5.65 Å². The molecule has 0 aliphatic carbocycles. The number of hydrogen-bond acceptors (Lipinski definition) is 5. The van der Waals surface area contributed by atoms with Crippen LogP contribution in [0.4, 0.5) is 37.7 Å². The smallest absolute Gasteiger partial charge is 0.355 e. The molecule has 210 valence electrons. The van der Waals surface area contributed by atoms with Gasteiger partial charge in [0.05, 0.1) is 28.2 Å². The molecule has 1 aliphatic heterocycles. The van der Waals surface area contributed by atoms with E-state index in [-0.39, 0.29) is 17.0 Å². The number of alkyl halides is 6. The summed E-state index contributed by atoms with van der Waals surface area (Å²) in [6.45, 7) is 3.54. The Morgan fingerprint density at radius 1 is 0.925 bits per heavy atom. The van der Waals surface area contributed by atoms with Crippen LogP contribution in [0.15, 0.2) is 60.8 Å². The van der Waals surface area contributed by atoms with E-state index in [0.717, 1.165) is 50.4 Å². The minimum absolute atomic E-state index is 0.0231. The molecule has 1 saturated heterocycles. The molecule has 1 aliphatic rings. The van der Waals surface area contributed by atoms with Gasteiger partial charge in [-0.15, -0.1) is 0 Å². The zero-order valence-electron chi connectivity index (χ0n) is 21.7. The van der Waals surface area contributed by atoms with Crippen LogP contribution in [0.2, 0.25) is 0 Å². The summed E-state index contributed by atoms with van der Waals surface area (Å²) in [7, 11) is 0. The van der Waals surface area contributed by atoms with E-state index < -0.39 is 23.5 Å². The molecule has 11 heteroatoms. The summed E-state index contributed by atoms with van der Waals surface area (Å²) in [6, 6.07) is 12.1. The predicted octanol–water partition coefficient (Wildman–Crippen LogP) is 8.24. The van der Waals surface area contributed by atoms with Crippen LogP contribution < -0.4 is 5.32 Å². The first kappa shape index (κ1) is 27.8. The second-order valence-corrected chi connectivity index (χ2v) is 9.85. The van der Waals surface area contributed by atoms with E-state index >= 15 is 0 Å². The maximum atomic E-state index is 13.7. The van der Waals surface area contributed by atoms with Crippen molar-refractivity contribution in [2.75, 3.05) is 11.9 Å². The highest BCUT2D eigenvalue weighted by Gasteiger charge is 2.35. The third-order valence-corrected chi connectivity index (χ3v) is 7.16. The fourth-order valence-electron chi connectivity index (χ4n) is 5.15. The third-order valence-electron chi connectivity index (χ3n) is 7.16. The predicted molar refractivity (Wildman–Crippen MR) is 141 cm³/mol. The number of anilines is 2. The van der Waals surface area contributed by atoms with Crippen LogP contribution in [0, 0.1) is 0 Å². The Bertz CT molecular complexity index is 1480. The maximum Gasteiger partial charge on any atom is 0.418 e. The number of nitrogens with one attached hydrogen (secondary N) is 1. The molecule has 4 heterocycles. The molecule has 0 spiro atoms. The van der Waals surface area contributed by atoms with E-state index in [9.17, 15) is 26.3 Å². The van der Waals surface area contributed by atoms with E-state index in [2.05, 4.69) is 27.1 Å². The van der Waals surface area contributed by atoms with Crippen LogP contribution in [0.25, 0.3) is 22.4 Å². The van der Waals surface area contributed by atoms with Gasteiger partial charge in [0, 0.05) is 29.9 Å². The number of benzene rings is 1. The van der Waals surface area contributed by atoms with Gasteiger partial charge in [-0.25, -0.2) is 9.97 Å². The molecule has 0 radical (unpaired) electrons. The molecule has 0 saturated carbocycles. The lowest BCUT2D eigenvalue weighted by Gasteiger charge is -2.35. The Morgan fingerprint density at radius 3 is 2.40 bits per heavy atom. The molecule has 1 N–H and O–H groups in total. The van der Waals surface area contributed by atoms with E-state index in [1.165, 1.54) is 30.5 Å². The minimum Gasteiger partial charge on any atom is -0.355 e. The first-order valence-corrected chi connectivity index (χ1v) is 13.0. The maximum absolute atomic E-state index is 13.7. The first-order valence-electron chi connectivity index (χ1n) is 13.0. The number of halogens is 6. The standard InChI is InChI=1S/C29H27F6N5/c1-2-21-6-3-4-15-40(21)17-20-16-25(37-19-10-8-18(9-11-19)28(30,31)32)22-12-13-24(39-27(22)38-20)26-23(29(33,34)35)7-5-14-36-26/h5,7-14,16,21H,2-4,6,15,17H2,1H3,(H,37,38,39). The van der Waals surface area contributed by atoms with Crippen LogP contribution in [0.1, 0.15) is 49.4 Å². The largest absolute Gasteiger partial charge is 0.418 e. The highest BCUT2D eigenvalue weighted by Crippen LogP contribution is 2.37. The lowest BCUT2D eigenvalue weighted by molar-refractivity contribution is -0.138. The molecule has 40 heavy (non-hydrogen) atoms. The Labute approximate surface area is 227 Å². The van der Waals surface area contributed by atoms with Crippen LogP contribution in [-0.4, -0.2) is 32.4 Å². The van der Waals surface area contributed by atoms with Crippen molar-refractivity contribution < 1.29 is 26.3 Å². The summed E-state index contributed by atoms with van der Waals surface area (Å²) in [5.41, 5.74) is -0.114. The Morgan fingerprint density at radius 2 is 1.70 bits per heavy atom. The number of rotatable bonds is 6. The second kappa shape index (κ2) is 11.0. The van der Waals surface area contributed by atoms with Crippen molar-refractivity contribution in [1.29, 1.82) is 0 Å². The second-order valence-electron chi connectivity index (χ2n) is 9.85. The molecule has 1 unspecified atom stereocenters. The van der Waals surface area contributed by atoms with Crippen molar-refractivity contribution >= 4 is 22.4 Å². The molecule has 1 fully saturated rings. The number of likely N-dealkylation sites (tertiary alicyclic amines) is 1. The van der Waals surface area contributed by atoms with Gasteiger partial charge >= 0.3 is 12.4 Å². The average Bonchev–Trinajstić information content (AvgIpc) is 2.92. The van der Waals surface area contributed by atoms with Crippen molar-refractivity contribution in [3.05, 3.63) is 77.6 Å². The van der Waals surface area contributed by atoms with Crippen molar-refractivity contribution in [2.24, 2.45) is 0 Å². The molecular formula is C29H27F6N5. The summed E-state index contributed by atoms with van der Waals surface area (Å²) in [5, 5.41) is 3.68. The van der Waals surface area contributed by atoms with Crippen molar-refractivity contribution in [3.8, 4) is 11.4 Å². The molecule has 1 atom stereocenters. The highest BCUT2D eigenvalue weighted by atomic mass is 19.4. The number of hydrogen-bond donors (Lipinski definition) is 1. The number of nitrogens with zero attached hydrogens (tertiary/aromatic N) is 4. The quantitative estimate of drug-likeness (QED) is 0.241. The van der Waals surface area contributed by atoms with Gasteiger partial charge < -0.3 is 5.32 Å². The van der Waals surface area contributed by atoms with E-state index in [0.29, 0.717) is 35.0 Å². The summed E-state index contributed by atoms with van der Waals surface area (Å²) in [6.07, 6.45) is -3.54. The van der Waals surface area contributed by atoms with Gasteiger partial charge in [0.1, 0.15) is 5.69 Å². The van der Waals surface area contributed by atoms with Crippen LogP contribution in [0.5, 0.6) is 0 Å². The fourth-order valence-corrected chi connectivity index (χ4v) is 5.15. The lowest BCUT2D eigenvalue weighted by Crippen LogP contribution is -2.38. The first-order chi connectivity index (χ1) is 19.0. The van der Waals surface area contributed by atoms with Gasteiger partial charge in [-0.2, -0.15) is 26.3 Å². The van der Waals surface area contributed by atoms with Gasteiger partial charge in [-0.3, -0.25) is 9.88 Å². The van der Waals surface area contributed by atoms with Crippen LogP contribution >= 0.6 is 0 Å². The summed E-state index contributed by atoms with van der Waals surface area (Å²) < 4.78 is 80.2. The normalized spacial score (nSPS) is 16.8. The van der Waals surface area contributed by atoms with Gasteiger partial charge in [0.25, 0.3) is 0 Å². The molecule has 3 aromatic heterocycles. The zero-order chi connectivity index (χ0) is 28.5. The van der Waals surface area contributed by atoms with Crippen LogP contribution in [0.3, 0.4) is 0 Å². The third kappa shape index (κ3) is 6.04. The Kier molecular flexibility index (Phi) is 7.67. The molecular weight excluding hydrogens is 532 g/mol. The van der Waals surface area contributed by atoms with E-state index in [1.807, 2.05) is 6.07 Å². The zero-order valence-corrected chi connectivity index (χ0v) is 21.7. The molecule has 0 bridgehead atoms.